The highest BCUT2D eigenvalue weighted by Crippen LogP contribution is 2.39. The van der Waals surface area contributed by atoms with Crippen molar-refractivity contribution in [3.8, 4) is 0 Å². The van der Waals surface area contributed by atoms with Gasteiger partial charge in [-0.2, -0.15) is 0 Å². The molecule has 0 unspecified atom stereocenters. The van der Waals surface area contributed by atoms with E-state index in [2.05, 4.69) is 44.3 Å². The van der Waals surface area contributed by atoms with Crippen molar-refractivity contribution in [3.05, 3.63) is 70.5 Å². The quantitative estimate of drug-likeness (QED) is 0.369. The monoisotopic (exact) mass is 490 g/mol. The zero-order chi connectivity index (χ0) is 25.3. The molecule has 4 nitrogen and oxygen atoms in total. The lowest BCUT2D eigenvalue weighted by molar-refractivity contribution is -0.119. The van der Waals surface area contributed by atoms with E-state index < -0.39 is 31.8 Å². The molecular weight excluding hydrogens is 457 g/mol. The third-order valence-corrected chi connectivity index (χ3v) is 11.1. The Morgan fingerprint density at radius 1 is 1.12 bits per heavy atom. The number of carbonyl (C=O) groups is 1. The number of aliphatic imine (C=N–C) groups is 1. The molecule has 1 heterocycles. The largest absolute Gasteiger partial charge is 0.321 e. The highest BCUT2D eigenvalue weighted by atomic mass is 28.4. The molecule has 34 heavy (non-hydrogen) atoms. The van der Waals surface area contributed by atoms with Crippen LogP contribution in [0.1, 0.15) is 49.8 Å². The molecule has 1 aliphatic heterocycles. The van der Waals surface area contributed by atoms with Crippen LogP contribution in [0.4, 0.5) is 13.2 Å². The Morgan fingerprint density at radius 3 is 2.26 bits per heavy atom. The number of hydrogen-bond donors (Lipinski definition) is 1. The third-order valence-electron chi connectivity index (χ3n) is 6.87. The van der Waals surface area contributed by atoms with Crippen molar-refractivity contribution in [2.45, 2.75) is 64.6 Å². The number of nitrogens with zero attached hydrogens (tertiary/aromatic N) is 1. The Bertz CT molecular complexity index is 1060. The lowest BCUT2D eigenvalue weighted by Gasteiger charge is -2.36. The van der Waals surface area contributed by atoms with Crippen LogP contribution in [0.5, 0.6) is 0 Å². The van der Waals surface area contributed by atoms with Crippen molar-refractivity contribution in [3.63, 3.8) is 0 Å². The third kappa shape index (κ3) is 5.96. The standard InChI is InChI=1S/C26H33F3N2O2Si/c1-16-11-22(28)24(23(29)12-16)21-15-30-25(31-33-34(5,6)26(2,3)4)20(21)14-19(32)13-17-7-9-18(27)10-8-17/h7-12,20-21H,13-15H2,1-6H3,(H,30,31)/t20-,21+/m0/s1. The van der Waals surface area contributed by atoms with Gasteiger partial charge >= 0.3 is 0 Å². The van der Waals surface area contributed by atoms with E-state index in [0.29, 0.717) is 17.0 Å². The van der Waals surface area contributed by atoms with Crippen LogP contribution in [0.25, 0.3) is 0 Å². The Labute approximate surface area is 200 Å². The van der Waals surface area contributed by atoms with Crippen molar-refractivity contribution in [1.82, 2.24) is 5.48 Å². The van der Waals surface area contributed by atoms with Crippen LogP contribution in [0.3, 0.4) is 0 Å². The predicted octanol–water partition coefficient (Wildman–Crippen LogP) is 6.25. The molecule has 0 bridgehead atoms. The molecule has 0 radical (unpaired) electrons. The van der Waals surface area contributed by atoms with E-state index in [-0.39, 0.29) is 41.6 Å². The summed E-state index contributed by atoms with van der Waals surface area (Å²) in [7, 11) is -2.20. The smallest absolute Gasteiger partial charge is 0.228 e. The van der Waals surface area contributed by atoms with Gasteiger partial charge in [0.05, 0.1) is 0 Å². The first-order chi connectivity index (χ1) is 15.8. The number of Topliss-reactive ketones (excluding diaryl/α,β-unsaturated/α-hetero) is 1. The van der Waals surface area contributed by atoms with E-state index in [1.807, 2.05) is 0 Å². The highest BCUT2D eigenvalue weighted by Gasteiger charge is 2.41. The number of hydrogen-bond acceptors (Lipinski definition) is 4. The van der Waals surface area contributed by atoms with Crippen molar-refractivity contribution in [2.75, 3.05) is 6.54 Å². The van der Waals surface area contributed by atoms with Gasteiger partial charge in [0.1, 0.15) is 29.1 Å². The van der Waals surface area contributed by atoms with Crippen LogP contribution in [0.2, 0.25) is 18.1 Å². The van der Waals surface area contributed by atoms with E-state index in [1.54, 1.807) is 19.1 Å². The summed E-state index contributed by atoms with van der Waals surface area (Å²) in [6, 6.07) is 8.33. The van der Waals surface area contributed by atoms with Gasteiger partial charge in [-0.25, -0.2) is 13.2 Å². The van der Waals surface area contributed by atoms with Crippen molar-refractivity contribution >= 4 is 19.9 Å². The van der Waals surface area contributed by atoms with Crippen molar-refractivity contribution in [1.29, 1.82) is 0 Å². The molecule has 0 fully saturated rings. The van der Waals surface area contributed by atoms with Crippen LogP contribution < -0.4 is 5.48 Å². The van der Waals surface area contributed by atoms with E-state index in [0.717, 1.165) is 0 Å². The van der Waals surface area contributed by atoms with Gasteiger partial charge < -0.3 is 4.53 Å². The molecule has 0 saturated heterocycles. The lowest BCUT2D eigenvalue weighted by atomic mass is 9.82. The first kappa shape index (κ1) is 26.2. The summed E-state index contributed by atoms with van der Waals surface area (Å²) < 4.78 is 49.0. The van der Waals surface area contributed by atoms with Crippen LogP contribution >= 0.6 is 0 Å². The summed E-state index contributed by atoms with van der Waals surface area (Å²) in [6.07, 6.45) is 0.125. The first-order valence-corrected chi connectivity index (χ1v) is 14.4. The number of ketones is 1. The number of halogens is 3. The minimum absolute atomic E-state index is 0.0293. The molecule has 0 spiro atoms. The molecule has 0 aromatic heterocycles. The van der Waals surface area contributed by atoms with Gasteiger partial charge in [0, 0.05) is 36.8 Å². The Balaban J connectivity index is 1.85. The van der Waals surface area contributed by atoms with Crippen molar-refractivity contribution < 1.29 is 22.5 Å². The highest BCUT2D eigenvalue weighted by molar-refractivity contribution is 6.74. The number of amidine groups is 1. The second-order valence-corrected chi connectivity index (χ2v) is 15.3. The van der Waals surface area contributed by atoms with Gasteiger partial charge in [-0.1, -0.05) is 32.9 Å². The van der Waals surface area contributed by atoms with E-state index >= 15 is 0 Å². The molecule has 2 atom stereocenters. The van der Waals surface area contributed by atoms with Crippen LogP contribution in [-0.4, -0.2) is 26.5 Å². The Hall–Kier alpha value is -2.45. The second-order valence-electron chi connectivity index (χ2n) is 10.6. The molecule has 3 rings (SSSR count). The van der Waals surface area contributed by atoms with Gasteiger partial charge in [-0.05, 0) is 60.4 Å². The summed E-state index contributed by atoms with van der Waals surface area (Å²) in [6.45, 7) is 12.2. The molecule has 1 aliphatic rings. The summed E-state index contributed by atoms with van der Waals surface area (Å²) in [5.41, 5.74) is 4.08. The average Bonchev–Trinajstić information content (AvgIpc) is 3.08. The summed E-state index contributed by atoms with van der Waals surface area (Å²) in [5.74, 6) is -2.55. The number of aryl methyl sites for hydroxylation is 1. The number of benzene rings is 2. The van der Waals surface area contributed by atoms with E-state index in [1.165, 1.54) is 24.3 Å². The SMILES string of the molecule is Cc1cc(F)c([C@@H]2CN=C(NO[Si](C)(C)C(C)(C)C)[C@H]2CC(=O)Cc2ccc(F)cc2)c(F)c1. The maximum atomic E-state index is 14.9. The summed E-state index contributed by atoms with van der Waals surface area (Å²) >= 11 is 0. The summed E-state index contributed by atoms with van der Waals surface area (Å²) in [5, 5.41) is -0.0678. The molecule has 0 amide bonds. The molecule has 2 aromatic carbocycles. The fraction of sp³-hybridized carbons (Fsp3) is 0.462. The number of nitrogens with one attached hydrogen (secondary N) is 1. The van der Waals surface area contributed by atoms with Crippen LogP contribution in [0.15, 0.2) is 41.4 Å². The topological polar surface area (TPSA) is 50.7 Å². The summed E-state index contributed by atoms with van der Waals surface area (Å²) in [4.78, 5) is 17.5. The Morgan fingerprint density at radius 2 is 1.71 bits per heavy atom. The normalized spacial score (nSPS) is 18.7. The number of rotatable bonds is 7. The molecule has 1 N–H and O–H groups in total. The van der Waals surface area contributed by atoms with Crippen LogP contribution in [0, 0.1) is 30.3 Å². The van der Waals surface area contributed by atoms with Gasteiger partial charge in [-0.3, -0.25) is 15.3 Å². The number of carbonyl (C=O) groups excluding carboxylic acids is 1. The van der Waals surface area contributed by atoms with Gasteiger partial charge in [-0.15, -0.1) is 0 Å². The molecular formula is C26H33F3N2O2Si. The average molecular weight is 491 g/mol. The minimum atomic E-state index is -2.20. The molecule has 2 aromatic rings. The molecule has 0 aliphatic carbocycles. The fourth-order valence-electron chi connectivity index (χ4n) is 3.82. The van der Waals surface area contributed by atoms with Crippen molar-refractivity contribution in [2.24, 2.45) is 10.9 Å². The Kier molecular flexibility index (Phi) is 7.72. The minimum Gasteiger partial charge on any atom is -0.321 e. The predicted molar refractivity (Wildman–Crippen MR) is 131 cm³/mol. The van der Waals surface area contributed by atoms with Gasteiger partial charge in [0.25, 0.3) is 0 Å². The second kappa shape index (κ2) is 10.0. The van der Waals surface area contributed by atoms with E-state index in [4.69, 9.17) is 4.53 Å². The molecule has 8 heteroatoms. The zero-order valence-electron chi connectivity index (χ0n) is 20.6. The molecule has 0 saturated carbocycles. The molecule has 184 valence electrons. The van der Waals surface area contributed by atoms with Gasteiger partial charge in [0.15, 0.2) is 0 Å². The van der Waals surface area contributed by atoms with Gasteiger partial charge in [0.2, 0.25) is 8.32 Å². The van der Waals surface area contributed by atoms with E-state index in [9.17, 15) is 18.0 Å². The lowest BCUT2D eigenvalue weighted by Crippen LogP contribution is -2.47. The fourth-order valence-corrected chi connectivity index (χ4v) is 4.48. The maximum Gasteiger partial charge on any atom is 0.228 e. The number of hydroxylamine groups is 1. The zero-order valence-corrected chi connectivity index (χ0v) is 21.6. The maximum absolute atomic E-state index is 14.9. The van der Waals surface area contributed by atoms with Crippen LogP contribution in [-0.2, 0) is 15.7 Å². The first-order valence-electron chi connectivity index (χ1n) is 11.5.